The van der Waals surface area contributed by atoms with Crippen molar-refractivity contribution in [1.29, 1.82) is 0 Å². The van der Waals surface area contributed by atoms with Crippen molar-refractivity contribution < 1.29 is 10.2 Å². The molecule has 0 aliphatic rings. The summed E-state index contributed by atoms with van der Waals surface area (Å²) in [5.41, 5.74) is 0. The Morgan fingerprint density at radius 2 is 2.22 bits per heavy atom. The molecule has 0 heterocycles. The van der Waals surface area contributed by atoms with Crippen LogP contribution in [0.1, 0.15) is 26.2 Å². The fourth-order valence-corrected chi connectivity index (χ4v) is 0.681. The van der Waals surface area contributed by atoms with Crippen molar-refractivity contribution in [2.24, 2.45) is 0 Å². The van der Waals surface area contributed by atoms with Gasteiger partial charge in [0.25, 0.3) is 0 Å². The van der Waals surface area contributed by atoms with E-state index in [9.17, 15) is 0 Å². The molecule has 0 spiro atoms. The van der Waals surface area contributed by atoms with E-state index < -0.39 is 0 Å². The lowest BCUT2D eigenvalue weighted by molar-refractivity contribution is 0.183. The Morgan fingerprint density at radius 3 is 2.67 bits per heavy atom. The van der Waals surface area contributed by atoms with Crippen LogP contribution in [0.25, 0.3) is 0 Å². The van der Waals surface area contributed by atoms with E-state index in [0.29, 0.717) is 6.42 Å². The Morgan fingerprint density at radius 1 is 1.56 bits per heavy atom. The molecule has 2 nitrogen and oxygen atoms in total. The topological polar surface area (TPSA) is 40.5 Å². The summed E-state index contributed by atoms with van der Waals surface area (Å²) in [7, 11) is 0. The molecule has 1 unspecified atom stereocenters. The van der Waals surface area contributed by atoms with E-state index in [1.807, 2.05) is 6.92 Å². The van der Waals surface area contributed by atoms with Gasteiger partial charge in [-0.3, -0.25) is 0 Å². The van der Waals surface area contributed by atoms with Crippen molar-refractivity contribution in [2.75, 3.05) is 6.61 Å². The molecule has 9 heavy (non-hydrogen) atoms. The Bertz CT molecular complexity index is 54.9. The average Bonchev–Trinajstić information content (AvgIpc) is 1.85. The fraction of sp³-hybridized carbons (Fsp3) is 0.857. The lowest BCUT2D eigenvalue weighted by Crippen LogP contribution is -2.06. The van der Waals surface area contributed by atoms with E-state index in [4.69, 9.17) is 10.2 Å². The normalized spacial score (nSPS) is 13.7. The third kappa shape index (κ3) is 5.80. The summed E-state index contributed by atoms with van der Waals surface area (Å²) in [4.78, 5) is 0. The van der Waals surface area contributed by atoms with Crippen LogP contribution >= 0.6 is 0 Å². The maximum Gasteiger partial charge on any atom is 0.0572 e. The Labute approximate surface area is 56.5 Å². The van der Waals surface area contributed by atoms with Crippen molar-refractivity contribution in [3.8, 4) is 0 Å². The monoisotopic (exact) mass is 131 g/mol. The molecular weight excluding hydrogens is 116 g/mol. The molecule has 0 aliphatic carbocycles. The summed E-state index contributed by atoms with van der Waals surface area (Å²) in [5, 5.41) is 17.4. The van der Waals surface area contributed by atoms with E-state index >= 15 is 0 Å². The van der Waals surface area contributed by atoms with E-state index in [1.54, 1.807) is 6.42 Å². The zero-order valence-corrected chi connectivity index (χ0v) is 5.88. The first-order chi connectivity index (χ1) is 4.31. The van der Waals surface area contributed by atoms with Crippen LogP contribution in [0.2, 0.25) is 0 Å². The van der Waals surface area contributed by atoms with Gasteiger partial charge in [-0.05, 0) is 19.3 Å². The average molecular weight is 131 g/mol. The van der Waals surface area contributed by atoms with Gasteiger partial charge in [0.2, 0.25) is 0 Å². The summed E-state index contributed by atoms with van der Waals surface area (Å²) in [6.07, 6.45) is 3.82. The lowest BCUT2D eigenvalue weighted by atomic mass is 10.1. The van der Waals surface area contributed by atoms with Gasteiger partial charge < -0.3 is 10.2 Å². The minimum absolute atomic E-state index is 0.140. The highest BCUT2D eigenvalue weighted by Crippen LogP contribution is 2.01. The predicted molar refractivity (Wildman–Crippen MR) is 36.9 cm³/mol. The molecule has 0 saturated heterocycles. The molecule has 2 heteroatoms. The van der Waals surface area contributed by atoms with Crippen LogP contribution in [0, 0.1) is 6.42 Å². The zero-order chi connectivity index (χ0) is 7.11. The molecule has 0 aromatic carbocycles. The quantitative estimate of drug-likeness (QED) is 0.577. The molecule has 0 rings (SSSR count). The molecule has 1 radical (unpaired) electrons. The smallest absolute Gasteiger partial charge is 0.0572 e. The zero-order valence-electron chi connectivity index (χ0n) is 5.88. The van der Waals surface area contributed by atoms with Crippen LogP contribution < -0.4 is 0 Å². The molecule has 1 atom stereocenters. The highest BCUT2D eigenvalue weighted by atomic mass is 16.3. The van der Waals surface area contributed by atoms with Crippen molar-refractivity contribution >= 4 is 0 Å². The van der Waals surface area contributed by atoms with E-state index in [2.05, 4.69) is 0 Å². The minimum Gasteiger partial charge on any atom is -0.396 e. The van der Waals surface area contributed by atoms with Gasteiger partial charge in [0.1, 0.15) is 0 Å². The van der Waals surface area contributed by atoms with E-state index in [1.165, 1.54) is 0 Å². The summed E-state index contributed by atoms with van der Waals surface area (Å²) in [6.45, 7) is 2.16. The molecule has 0 aromatic rings. The predicted octanol–water partition coefficient (Wildman–Crippen LogP) is 0.734. The number of aliphatic hydroxyl groups excluding tert-OH is 2. The van der Waals surface area contributed by atoms with Crippen molar-refractivity contribution in [1.82, 2.24) is 0 Å². The van der Waals surface area contributed by atoms with Gasteiger partial charge in [-0.25, -0.2) is 0 Å². The Balaban J connectivity index is 2.95. The summed E-state index contributed by atoms with van der Waals surface area (Å²) < 4.78 is 0. The summed E-state index contributed by atoms with van der Waals surface area (Å²) in [6, 6.07) is 0. The number of hydrogen-bond donors (Lipinski definition) is 2. The van der Waals surface area contributed by atoms with Crippen LogP contribution in [-0.2, 0) is 0 Å². The van der Waals surface area contributed by atoms with E-state index in [-0.39, 0.29) is 12.7 Å². The first-order valence-electron chi connectivity index (χ1n) is 3.43. The van der Waals surface area contributed by atoms with E-state index in [0.717, 1.165) is 12.8 Å². The van der Waals surface area contributed by atoms with Gasteiger partial charge in [0.05, 0.1) is 6.10 Å². The molecule has 0 bridgehead atoms. The number of aliphatic hydroxyl groups is 2. The fourth-order valence-electron chi connectivity index (χ4n) is 0.681. The molecule has 2 N–H and O–H groups in total. The van der Waals surface area contributed by atoms with Gasteiger partial charge in [0, 0.05) is 6.61 Å². The van der Waals surface area contributed by atoms with Crippen LogP contribution in [0.5, 0.6) is 0 Å². The first kappa shape index (κ1) is 8.92. The second-order valence-electron chi connectivity index (χ2n) is 2.10. The highest BCUT2D eigenvalue weighted by Gasteiger charge is 2.00. The van der Waals surface area contributed by atoms with Gasteiger partial charge in [-0.2, -0.15) is 0 Å². The third-order valence-electron chi connectivity index (χ3n) is 1.15. The number of hydrogen-bond acceptors (Lipinski definition) is 2. The molecule has 0 saturated carbocycles. The van der Waals surface area contributed by atoms with Crippen molar-refractivity contribution in [3.05, 3.63) is 6.42 Å². The molecule has 55 valence electrons. The van der Waals surface area contributed by atoms with Crippen LogP contribution in [0.4, 0.5) is 0 Å². The van der Waals surface area contributed by atoms with Gasteiger partial charge >= 0.3 is 0 Å². The highest BCUT2D eigenvalue weighted by molar-refractivity contribution is 4.73. The SMILES string of the molecule is CCCC(O)[CH]CCO. The van der Waals surface area contributed by atoms with Crippen LogP contribution in [0.15, 0.2) is 0 Å². The van der Waals surface area contributed by atoms with Crippen LogP contribution in [-0.4, -0.2) is 22.9 Å². The molecule has 0 aliphatic heterocycles. The second-order valence-corrected chi connectivity index (χ2v) is 2.10. The summed E-state index contributed by atoms with van der Waals surface area (Å²) >= 11 is 0. The molecule has 0 fully saturated rings. The Kier molecular flexibility index (Phi) is 5.99. The molecule has 0 aromatic heterocycles. The molecular formula is C7H15O2. The Hall–Kier alpha value is -0.0800. The van der Waals surface area contributed by atoms with Gasteiger partial charge in [-0.1, -0.05) is 13.3 Å². The molecule has 0 amide bonds. The van der Waals surface area contributed by atoms with Crippen molar-refractivity contribution in [2.45, 2.75) is 32.3 Å². The largest absolute Gasteiger partial charge is 0.396 e. The summed E-state index contributed by atoms with van der Waals surface area (Å²) in [5.74, 6) is 0. The minimum atomic E-state index is -0.317. The first-order valence-corrected chi connectivity index (χ1v) is 3.43. The van der Waals surface area contributed by atoms with Crippen molar-refractivity contribution in [3.63, 3.8) is 0 Å². The second kappa shape index (κ2) is 6.05. The maximum atomic E-state index is 9.01. The lowest BCUT2D eigenvalue weighted by Gasteiger charge is -2.05. The van der Waals surface area contributed by atoms with Gasteiger partial charge in [0.15, 0.2) is 0 Å². The van der Waals surface area contributed by atoms with Crippen LogP contribution in [0.3, 0.4) is 0 Å². The third-order valence-corrected chi connectivity index (χ3v) is 1.15. The standard InChI is InChI=1S/C7H15O2/c1-2-4-7(9)5-3-6-8/h5,7-9H,2-4,6H2,1H3. The van der Waals surface area contributed by atoms with Gasteiger partial charge in [-0.15, -0.1) is 0 Å². The maximum absolute atomic E-state index is 9.01. The number of rotatable bonds is 5.